The Morgan fingerprint density at radius 1 is 0.657 bits per heavy atom. The molecule has 2 atom stereocenters. The maximum atomic E-state index is 2.78. The molecule has 0 aliphatic heterocycles. The Bertz CT molecular complexity index is 876. The van der Waals surface area contributed by atoms with E-state index < -0.39 is 36.8 Å². The number of hydrogen-bond donors (Lipinski definition) is 0. The third kappa shape index (κ3) is 6.77. The van der Waals surface area contributed by atoms with Crippen LogP contribution in [0.2, 0.25) is 29.6 Å². The van der Waals surface area contributed by atoms with Crippen molar-refractivity contribution >= 4 is 65.2 Å². The van der Waals surface area contributed by atoms with Crippen molar-refractivity contribution in [1.29, 1.82) is 0 Å². The fraction of sp³-hybridized carbons (Fsp3) is 0.742. The minimum absolute atomic E-state index is 0.269. The van der Waals surface area contributed by atoms with Crippen LogP contribution in [0, 0.1) is 11.8 Å². The fourth-order valence-corrected chi connectivity index (χ4v) is 19.2. The SMILES string of the molecule is CCCC[C@H](CC)CC1(C[C@@H](CC)CCCC)c2c[c]([Sn]([CH3])([CH3])[CH3])sc2-c2s[c]([Sn]([CH3])([CH3])[CH3])cc21. The molecule has 35 heavy (non-hydrogen) atoms. The van der Waals surface area contributed by atoms with Crippen LogP contribution in [0.4, 0.5) is 0 Å². The van der Waals surface area contributed by atoms with Gasteiger partial charge in [0.1, 0.15) is 0 Å². The van der Waals surface area contributed by atoms with Crippen molar-refractivity contribution in [1.82, 2.24) is 0 Å². The van der Waals surface area contributed by atoms with Gasteiger partial charge in [0.15, 0.2) is 0 Å². The third-order valence-electron chi connectivity index (χ3n) is 8.54. The number of hydrogen-bond acceptors (Lipinski definition) is 2. The van der Waals surface area contributed by atoms with E-state index in [0.717, 1.165) is 11.8 Å². The Morgan fingerprint density at radius 2 is 1.03 bits per heavy atom. The molecule has 3 rings (SSSR count). The molecule has 0 amide bonds. The summed E-state index contributed by atoms with van der Waals surface area (Å²) in [6.45, 7) is 9.67. The maximum absolute atomic E-state index is 2.78. The summed E-state index contributed by atoms with van der Waals surface area (Å²) in [4.78, 5) is 19.1. The molecule has 1 aliphatic rings. The molecule has 0 spiro atoms. The molecule has 4 heteroatoms. The first-order chi connectivity index (χ1) is 16.4. The van der Waals surface area contributed by atoms with Gasteiger partial charge in [-0.05, 0) is 0 Å². The Balaban J connectivity index is 2.23. The molecule has 0 nitrogen and oxygen atoms in total. The summed E-state index contributed by atoms with van der Waals surface area (Å²) in [7, 11) is 0. The molecule has 1 aliphatic carbocycles. The summed E-state index contributed by atoms with van der Waals surface area (Å²) in [5, 5.41) is 0. The zero-order valence-electron chi connectivity index (χ0n) is 24.7. The molecule has 0 saturated heterocycles. The zero-order valence-corrected chi connectivity index (χ0v) is 32.0. The Kier molecular flexibility index (Phi) is 10.9. The van der Waals surface area contributed by atoms with Gasteiger partial charge in [-0.2, -0.15) is 0 Å². The predicted molar refractivity (Wildman–Crippen MR) is 170 cm³/mol. The molecule has 0 N–H and O–H groups in total. The van der Waals surface area contributed by atoms with E-state index in [4.69, 9.17) is 0 Å². The van der Waals surface area contributed by atoms with Crippen molar-refractivity contribution < 1.29 is 0 Å². The van der Waals surface area contributed by atoms with E-state index in [1.807, 2.05) is 0 Å². The molecule has 2 heterocycles. The van der Waals surface area contributed by atoms with Gasteiger partial charge in [-0.25, -0.2) is 0 Å². The molecule has 0 unspecified atom stereocenters. The number of rotatable bonds is 14. The van der Waals surface area contributed by atoms with Crippen LogP contribution in [0.25, 0.3) is 9.75 Å². The zero-order chi connectivity index (χ0) is 26.0. The van der Waals surface area contributed by atoms with Crippen LogP contribution in [0.5, 0.6) is 0 Å². The molecule has 0 bridgehead atoms. The standard InChI is InChI=1S/C25H36S2.6CH3.2Sn/c1-5-9-11-19(7-3)17-25(18-20(8-4)12-10-6-2)21-13-15-26-23(21)24-22(25)14-16-27-24;;;;;;;;/h13-14,19-20H,5-12,17-18H2,1-4H3;6*1H3;;/t19-,20-;;;;;;;;/m0......../s1. The van der Waals surface area contributed by atoms with Gasteiger partial charge in [0.05, 0.1) is 0 Å². The van der Waals surface area contributed by atoms with Crippen LogP contribution in [0.3, 0.4) is 0 Å². The van der Waals surface area contributed by atoms with Gasteiger partial charge in [-0.1, -0.05) is 0 Å². The molecule has 2 aromatic heterocycles. The van der Waals surface area contributed by atoms with Gasteiger partial charge in [0, 0.05) is 0 Å². The second-order valence-corrected chi connectivity index (χ2v) is 46.5. The molecule has 0 radical (unpaired) electrons. The minimum atomic E-state index is -2.14. The summed E-state index contributed by atoms with van der Waals surface area (Å²) in [6.07, 6.45) is 13.7. The summed E-state index contributed by atoms with van der Waals surface area (Å²) in [5.41, 5.74) is 3.84. The first kappa shape index (κ1) is 30.5. The van der Waals surface area contributed by atoms with E-state index >= 15 is 0 Å². The first-order valence-electron chi connectivity index (χ1n) is 14.7. The summed E-state index contributed by atoms with van der Waals surface area (Å²) < 4.78 is 3.61. The normalized spacial score (nSPS) is 16.9. The number of fused-ring (bicyclic) bond motifs is 3. The molecule has 0 saturated carbocycles. The Morgan fingerprint density at radius 3 is 1.31 bits per heavy atom. The van der Waals surface area contributed by atoms with Crippen molar-refractivity contribution in [3.8, 4) is 9.75 Å². The van der Waals surface area contributed by atoms with Gasteiger partial charge >= 0.3 is 237 Å². The van der Waals surface area contributed by atoms with Gasteiger partial charge in [-0.3, -0.25) is 0 Å². The van der Waals surface area contributed by atoms with E-state index in [9.17, 15) is 0 Å². The van der Waals surface area contributed by atoms with Gasteiger partial charge in [-0.15, -0.1) is 0 Å². The molecule has 198 valence electrons. The van der Waals surface area contributed by atoms with Crippen LogP contribution in [-0.4, -0.2) is 36.8 Å². The van der Waals surface area contributed by atoms with E-state index in [-0.39, 0.29) is 5.41 Å². The molecule has 2 aromatic rings. The van der Waals surface area contributed by atoms with Crippen LogP contribution in [-0.2, 0) is 5.41 Å². The molecular formula is C31H54S2Sn2. The summed E-state index contributed by atoms with van der Waals surface area (Å²) >= 11 is 0.171. The summed E-state index contributed by atoms with van der Waals surface area (Å²) in [5.74, 6) is 1.70. The van der Waals surface area contributed by atoms with E-state index in [0.29, 0.717) is 0 Å². The molecular weight excluding hydrogens is 674 g/mol. The number of thiophene rings is 2. The molecule has 0 aromatic carbocycles. The monoisotopic (exact) mass is 730 g/mol. The van der Waals surface area contributed by atoms with Crippen molar-refractivity contribution in [2.75, 3.05) is 0 Å². The van der Waals surface area contributed by atoms with Crippen LogP contribution in [0.15, 0.2) is 12.1 Å². The van der Waals surface area contributed by atoms with Crippen molar-refractivity contribution in [2.24, 2.45) is 11.8 Å². The first-order valence-corrected chi connectivity index (χ1v) is 36.3. The fourth-order valence-electron chi connectivity index (χ4n) is 6.11. The number of unbranched alkanes of at least 4 members (excludes halogenated alkanes) is 2. The topological polar surface area (TPSA) is 0 Å². The quantitative estimate of drug-likeness (QED) is 0.170. The van der Waals surface area contributed by atoms with Crippen molar-refractivity contribution in [3.05, 3.63) is 23.3 Å². The third-order valence-corrected chi connectivity index (χ3v) is 29.8. The van der Waals surface area contributed by atoms with Crippen molar-refractivity contribution in [2.45, 2.75) is 127 Å². The van der Waals surface area contributed by atoms with Gasteiger partial charge in [0.2, 0.25) is 0 Å². The predicted octanol–water partition coefficient (Wildman–Crippen LogP) is 10.4. The van der Waals surface area contributed by atoms with Crippen LogP contribution < -0.4 is 5.79 Å². The van der Waals surface area contributed by atoms with E-state index in [1.54, 1.807) is 26.7 Å². The summed E-state index contributed by atoms with van der Waals surface area (Å²) in [6, 6.07) is 5.56. The van der Waals surface area contributed by atoms with Crippen LogP contribution >= 0.6 is 22.7 Å². The average Bonchev–Trinajstić information content (AvgIpc) is 3.47. The van der Waals surface area contributed by atoms with E-state index in [2.05, 4.69) is 92.1 Å². The van der Waals surface area contributed by atoms with Crippen molar-refractivity contribution in [3.63, 3.8) is 0 Å². The Hall–Kier alpha value is 0.997. The second-order valence-electron chi connectivity index (χ2n) is 13.5. The van der Waals surface area contributed by atoms with Gasteiger partial charge < -0.3 is 0 Å². The average molecular weight is 728 g/mol. The van der Waals surface area contributed by atoms with Crippen LogP contribution in [0.1, 0.15) is 103 Å². The van der Waals surface area contributed by atoms with Gasteiger partial charge in [0.25, 0.3) is 0 Å². The van der Waals surface area contributed by atoms with E-state index in [1.165, 1.54) is 64.2 Å². The Labute approximate surface area is 234 Å². The second kappa shape index (κ2) is 12.5. The molecule has 0 fully saturated rings.